The van der Waals surface area contributed by atoms with Crippen molar-refractivity contribution in [3.63, 3.8) is 0 Å². The average Bonchev–Trinajstić information content (AvgIpc) is 2.60. The Morgan fingerprint density at radius 3 is 2.88 bits per heavy atom. The predicted molar refractivity (Wildman–Crippen MR) is 58.1 cm³/mol. The van der Waals surface area contributed by atoms with E-state index >= 15 is 0 Å². The molecule has 2 N–H and O–H groups in total. The summed E-state index contributed by atoms with van der Waals surface area (Å²) in [6, 6.07) is 6.40. The van der Waals surface area contributed by atoms with E-state index in [1.54, 1.807) is 24.3 Å². The first-order valence-corrected chi connectivity index (χ1v) is 5.23. The monoisotopic (exact) mass is 239 g/mol. The van der Waals surface area contributed by atoms with E-state index in [0.29, 0.717) is 5.02 Å². The molecule has 4 nitrogen and oxygen atoms in total. The summed E-state index contributed by atoms with van der Waals surface area (Å²) < 4.78 is 0. The Hall–Kier alpha value is -1.55. The molecule has 0 bridgehead atoms. The Kier molecular flexibility index (Phi) is 2.83. The van der Waals surface area contributed by atoms with Crippen LogP contribution in [0.2, 0.25) is 5.02 Å². The molecule has 1 aliphatic rings. The second-order valence-corrected chi connectivity index (χ2v) is 4.19. The third-order valence-corrected chi connectivity index (χ3v) is 2.88. The maximum absolute atomic E-state index is 11.2. The number of benzene rings is 1. The van der Waals surface area contributed by atoms with Gasteiger partial charge in [0.15, 0.2) is 0 Å². The van der Waals surface area contributed by atoms with Crippen molar-refractivity contribution in [1.29, 1.82) is 0 Å². The summed E-state index contributed by atoms with van der Waals surface area (Å²) in [6.07, 6.45) is 0.0204. The van der Waals surface area contributed by atoms with Crippen LogP contribution in [-0.2, 0) is 9.59 Å². The Morgan fingerprint density at radius 2 is 2.25 bits per heavy atom. The highest BCUT2D eigenvalue weighted by atomic mass is 35.5. The lowest BCUT2D eigenvalue weighted by Crippen LogP contribution is -2.24. The van der Waals surface area contributed by atoms with Gasteiger partial charge in [-0.1, -0.05) is 23.7 Å². The predicted octanol–water partition coefficient (Wildman–Crippen LogP) is 1.60. The Labute approximate surface area is 97.2 Å². The zero-order chi connectivity index (χ0) is 11.7. The summed E-state index contributed by atoms with van der Waals surface area (Å²) in [6.45, 7) is 0. The van der Waals surface area contributed by atoms with E-state index in [0.717, 1.165) is 5.56 Å². The van der Waals surface area contributed by atoms with Crippen LogP contribution in [0.5, 0.6) is 0 Å². The second kappa shape index (κ2) is 4.14. The molecule has 1 amide bonds. The van der Waals surface area contributed by atoms with Crippen LogP contribution >= 0.6 is 11.6 Å². The van der Waals surface area contributed by atoms with Crippen molar-refractivity contribution >= 4 is 23.5 Å². The van der Waals surface area contributed by atoms with E-state index in [2.05, 4.69) is 5.32 Å². The van der Waals surface area contributed by atoms with Gasteiger partial charge in [0.05, 0.1) is 12.0 Å². The normalized spacial score (nSPS) is 24.2. The van der Waals surface area contributed by atoms with E-state index in [-0.39, 0.29) is 12.3 Å². The van der Waals surface area contributed by atoms with E-state index < -0.39 is 17.9 Å². The molecule has 84 valence electrons. The van der Waals surface area contributed by atoms with Crippen molar-refractivity contribution in [1.82, 2.24) is 5.32 Å². The molecule has 0 saturated carbocycles. The molecule has 1 aliphatic heterocycles. The zero-order valence-electron chi connectivity index (χ0n) is 8.31. The Balaban J connectivity index is 2.32. The van der Waals surface area contributed by atoms with Crippen LogP contribution < -0.4 is 5.32 Å². The number of aliphatic carboxylic acids is 1. The van der Waals surface area contributed by atoms with Crippen LogP contribution in [0.15, 0.2) is 24.3 Å². The summed E-state index contributed by atoms with van der Waals surface area (Å²) in [4.78, 5) is 22.2. The summed E-state index contributed by atoms with van der Waals surface area (Å²) in [5, 5.41) is 12.2. The molecule has 2 rings (SSSR count). The van der Waals surface area contributed by atoms with Crippen LogP contribution in [0.25, 0.3) is 0 Å². The van der Waals surface area contributed by atoms with E-state index in [1.807, 2.05) is 0 Å². The summed E-state index contributed by atoms with van der Waals surface area (Å²) in [7, 11) is 0. The van der Waals surface area contributed by atoms with Crippen molar-refractivity contribution in [3.8, 4) is 0 Å². The minimum absolute atomic E-state index is 0.0204. The number of nitrogens with one attached hydrogen (secondary N) is 1. The molecule has 0 spiro atoms. The summed E-state index contributed by atoms with van der Waals surface area (Å²) in [5.41, 5.74) is 0.728. The SMILES string of the molecule is O=C1C[C@H](C(=O)O)C(c2cccc(Cl)c2)N1. The zero-order valence-corrected chi connectivity index (χ0v) is 9.07. The van der Waals surface area contributed by atoms with Crippen molar-refractivity contribution in [2.75, 3.05) is 0 Å². The largest absolute Gasteiger partial charge is 0.481 e. The molecule has 5 heteroatoms. The number of amides is 1. The lowest BCUT2D eigenvalue weighted by atomic mass is 9.94. The molecule has 1 unspecified atom stereocenters. The fourth-order valence-electron chi connectivity index (χ4n) is 1.90. The minimum Gasteiger partial charge on any atom is -0.481 e. The van der Waals surface area contributed by atoms with Gasteiger partial charge >= 0.3 is 5.97 Å². The number of hydrogen-bond acceptors (Lipinski definition) is 2. The maximum Gasteiger partial charge on any atom is 0.309 e. The molecular weight excluding hydrogens is 230 g/mol. The van der Waals surface area contributed by atoms with Gasteiger partial charge in [-0.05, 0) is 17.7 Å². The Morgan fingerprint density at radius 1 is 1.50 bits per heavy atom. The third-order valence-electron chi connectivity index (χ3n) is 2.65. The van der Waals surface area contributed by atoms with Crippen molar-refractivity contribution < 1.29 is 14.7 Å². The highest BCUT2D eigenvalue weighted by Gasteiger charge is 2.38. The van der Waals surface area contributed by atoms with Gasteiger partial charge in [0.25, 0.3) is 0 Å². The molecule has 1 saturated heterocycles. The fourth-order valence-corrected chi connectivity index (χ4v) is 2.09. The second-order valence-electron chi connectivity index (χ2n) is 3.75. The van der Waals surface area contributed by atoms with Crippen LogP contribution in [0.3, 0.4) is 0 Å². The molecule has 0 aromatic heterocycles. The molecule has 16 heavy (non-hydrogen) atoms. The van der Waals surface area contributed by atoms with E-state index in [9.17, 15) is 9.59 Å². The van der Waals surface area contributed by atoms with Gasteiger partial charge in [-0.15, -0.1) is 0 Å². The fraction of sp³-hybridized carbons (Fsp3) is 0.273. The first kappa shape index (κ1) is 11.0. The summed E-state index contributed by atoms with van der Waals surface area (Å²) >= 11 is 5.83. The van der Waals surface area contributed by atoms with Gasteiger partial charge in [0, 0.05) is 11.4 Å². The number of halogens is 1. The first-order valence-electron chi connectivity index (χ1n) is 4.85. The van der Waals surface area contributed by atoms with Gasteiger partial charge in [0.2, 0.25) is 5.91 Å². The van der Waals surface area contributed by atoms with Crippen molar-refractivity contribution in [3.05, 3.63) is 34.9 Å². The van der Waals surface area contributed by atoms with Crippen LogP contribution in [0.1, 0.15) is 18.0 Å². The van der Waals surface area contributed by atoms with E-state index in [1.165, 1.54) is 0 Å². The molecule has 2 atom stereocenters. The van der Waals surface area contributed by atoms with Crippen LogP contribution in [0.4, 0.5) is 0 Å². The number of carboxylic acid groups (broad SMARTS) is 1. The van der Waals surface area contributed by atoms with Crippen molar-refractivity contribution in [2.45, 2.75) is 12.5 Å². The van der Waals surface area contributed by atoms with Crippen molar-refractivity contribution in [2.24, 2.45) is 5.92 Å². The smallest absolute Gasteiger partial charge is 0.309 e. The number of carboxylic acids is 1. The van der Waals surface area contributed by atoms with Gasteiger partial charge < -0.3 is 10.4 Å². The van der Waals surface area contributed by atoms with Crippen LogP contribution in [0, 0.1) is 5.92 Å². The van der Waals surface area contributed by atoms with E-state index in [4.69, 9.17) is 16.7 Å². The molecule has 1 aromatic carbocycles. The standard InChI is InChI=1S/C11H10ClNO3/c12-7-3-1-2-6(4-7)10-8(11(15)16)5-9(14)13-10/h1-4,8,10H,5H2,(H,13,14)(H,15,16)/t8-,10?/m0/s1. The average molecular weight is 240 g/mol. The lowest BCUT2D eigenvalue weighted by molar-refractivity contribution is -0.142. The highest BCUT2D eigenvalue weighted by Crippen LogP contribution is 2.31. The molecule has 1 aromatic rings. The number of carbonyl (C=O) groups excluding carboxylic acids is 1. The molecule has 0 radical (unpaired) electrons. The third kappa shape index (κ3) is 2.02. The maximum atomic E-state index is 11.2. The number of carbonyl (C=O) groups is 2. The van der Waals surface area contributed by atoms with Gasteiger partial charge in [0.1, 0.15) is 0 Å². The van der Waals surface area contributed by atoms with Gasteiger partial charge in [-0.3, -0.25) is 9.59 Å². The van der Waals surface area contributed by atoms with Crippen LogP contribution in [-0.4, -0.2) is 17.0 Å². The minimum atomic E-state index is -0.969. The lowest BCUT2D eigenvalue weighted by Gasteiger charge is -2.15. The topological polar surface area (TPSA) is 66.4 Å². The molecular formula is C11H10ClNO3. The quantitative estimate of drug-likeness (QED) is 0.824. The molecule has 1 fully saturated rings. The molecule has 0 aliphatic carbocycles. The Bertz CT molecular complexity index is 447. The summed E-state index contributed by atoms with van der Waals surface area (Å²) in [5.74, 6) is -1.92. The first-order chi connectivity index (χ1) is 7.58. The number of rotatable bonds is 2. The van der Waals surface area contributed by atoms with Gasteiger partial charge in [-0.2, -0.15) is 0 Å². The number of hydrogen-bond donors (Lipinski definition) is 2. The molecule has 1 heterocycles. The van der Waals surface area contributed by atoms with Gasteiger partial charge in [-0.25, -0.2) is 0 Å². The highest BCUT2D eigenvalue weighted by molar-refractivity contribution is 6.30.